The van der Waals surface area contributed by atoms with E-state index >= 15 is 0 Å². The number of nitrogens with one attached hydrogen (secondary N) is 2. The summed E-state index contributed by atoms with van der Waals surface area (Å²) in [5, 5.41) is 16.0. The maximum atomic E-state index is 13.7. The molecule has 3 aromatic rings. The molecule has 0 saturated carbocycles. The van der Waals surface area contributed by atoms with E-state index in [9.17, 15) is 14.4 Å². The van der Waals surface area contributed by atoms with E-state index in [0.717, 1.165) is 25.9 Å². The summed E-state index contributed by atoms with van der Waals surface area (Å²) in [6, 6.07) is 13.0. The van der Waals surface area contributed by atoms with E-state index in [1.165, 1.54) is 0 Å². The normalized spacial score (nSPS) is 18.4. The number of amides is 1. The lowest BCUT2D eigenvalue weighted by Crippen LogP contribution is -2.43. The van der Waals surface area contributed by atoms with Gasteiger partial charge < -0.3 is 20.4 Å². The van der Waals surface area contributed by atoms with Gasteiger partial charge >= 0.3 is 0 Å². The van der Waals surface area contributed by atoms with Crippen molar-refractivity contribution in [3.05, 3.63) is 59.9 Å². The number of likely N-dealkylation sites (tertiary alicyclic amines) is 1. The number of alkyl halides is 1. The lowest BCUT2D eigenvalue weighted by Gasteiger charge is -2.29. The van der Waals surface area contributed by atoms with Crippen LogP contribution in [0.5, 0.6) is 0 Å². The third-order valence-electron chi connectivity index (χ3n) is 6.80. The molecule has 37 heavy (non-hydrogen) atoms. The summed E-state index contributed by atoms with van der Waals surface area (Å²) in [6.07, 6.45) is 4.69. The molecule has 0 bridgehead atoms. The summed E-state index contributed by atoms with van der Waals surface area (Å²) in [5.41, 5.74) is 2.88. The molecule has 190 valence electrons. The topological polar surface area (TPSA) is 110 Å². The Balaban J connectivity index is 1.29. The smallest absolute Gasteiger partial charge is 0.251 e. The number of carbonyl (C=O) groups excluding carboxylic acids is 1. The minimum Gasteiger partial charge on any atom is -0.352 e. The Labute approximate surface area is 215 Å². The molecule has 4 heterocycles. The second-order valence-electron chi connectivity index (χ2n) is 9.56. The standard InChI is InChI=1S/C27H29FN8O/c1-35-10-7-22(8-11-35)32-26(37)18-3-2-4-23(14-18)33-27-30-9-5-24(34-27)20-13-19(15-29)25(31-16-20)36-12-6-21(28)17-36/h2-5,9,13-14,16,21-22H,6-8,10-12,17H2,1H3,(H,32,37)(H,30,33,34). The van der Waals surface area contributed by atoms with Crippen LogP contribution in [0.25, 0.3) is 11.3 Å². The molecule has 2 aliphatic rings. The van der Waals surface area contributed by atoms with Gasteiger partial charge in [0.25, 0.3) is 5.91 Å². The molecule has 5 rings (SSSR count). The van der Waals surface area contributed by atoms with Crippen molar-refractivity contribution in [3.8, 4) is 17.3 Å². The molecule has 2 fully saturated rings. The van der Waals surface area contributed by atoms with Gasteiger partial charge in [0.1, 0.15) is 18.1 Å². The van der Waals surface area contributed by atoms with Gasteiger partial charge in [0.05, 0.1) is 17.8 Å². The van der Waals surface area contributed by atoms with Gasteiger partial charge in [-0.25, -0.2) is 19.3 Å². The second kappa shape index (κ2) is 10.9. The van der Waals surface area contributed by atoms with Gasteiger partial charge in [-0.15, -0.1) is 0 Å². The lowest BCUT2D eigenvalue weighted by atomic mass is 10.0. The fourth-order valence-electron chi connectivity index (χ4n) is 4.71. The van der Waals surface area contributed by atoms with Crippen LogP contribution in [-0.4, -0.2) is 71.2 Å². The van der Waals surface area contributed by atoms with Gasteiger partial charge in [0, 0.05) is 41.8 Å². The monoisotopic (exact) mass is 500 g/mol. The third kappa shape index (κ3) is 5.84. The highest BCUT2D eigenvalue weighted by Gasteiger charge is 2.25. The highest BCUT2D eigenvalue weighted by Crippen LogP contribution is 2.27. The molecule has 0 radical (unpaired) electrons. The Hall–Kier alpha value is -4.10. The summed E-state index contributed by atoms with van der Waals surface area (Å²) in [5.74, 6) is 0.752. The SMILES string of the molecule is CN1CCC(NC(=O)c2cccc(Nc3nccc(-c4cnc(N5CCC(F)C5)c(C#N)c4)n3)c2)CC1. The molecule has 2 saturated heterocycles. The molecule has 2 aliphatic heterocycles. The molecule has 10 heteroatoms. The van der Waals surface area contributed by atoms with Crippen molar-refractivity contribution in [2.24, 2.45) is 0 Å². The van der Waals surface area contributed by atoms with Gasteiger partial charge in [0.2, 0.25) is 5.95 Å². The number of aromatic nitrogens is 3. The fraction of sp³-hybridized carbons (Fsp3) is 0.370. The molecular formula is C27H29FN8O. The van der Waals surface area contributed by atoms with Crippen LogP contribution in [0, 0.1) is 11.3 Å². The Morgan fingerprint density at radius 1 is 1.14 bits per heavy atom. The van der Waals surface area contributed by atoms with Crippen molar-refractivity contribution in [1.82, 2.24) is 25.2 Å². The zero-order valence-corrected chi connectivity index (χ0v) is 20.7. The zero-order chi connectivity index (χ0) is 25.8. The van der Waals surface area contributed by atoms with Crippen molar-refractivity contribution in [1.29, 1.82) is 5.26 Å². The van der Waals surface area contributed by atoms with Crippen molar-refractivity contribution in [2.75, 3.05) is 43.4 Å². The van der Waals surface area contributed by atoms with E-state index in [4.69, 9.17) is 0 Å². The molecular weight excluding hydrogens is 471 g/mol. The van der Waals surface area contributed by atoms with Crippen molar-refractivity contribution < 1.29 is 9.18 Å². The molecule has 1 unspecified atom stereocenters. The maximum absolute atomic E-state index is 13.7. The van der Waals surface area contributed by atoms with Crippen LogP contribution >= 0.6 is 0 Å². The number of benzene rings is 1. The first-order valence-electron chi connectivity index (χ1n) is 12.5. The predicted molar refractivity (Wildman–Crippen MR) is 139 cm³/mol. The van der Waals surface area contributed by atoms with E-state index in [0.29, 0.717) is 52.8 Å². The van der Waals surface area contributed by atoms with Crippen LogP contribution in [0.2, 0.25) is 0 Å². The lowest BCUT2D eigenvalue weighted by molar-refractivity contribution is 0.0917. The van der Waals surface area contributed by atoms with Crippen LogP contribution in [-0.2, 0) is 0 Å². The van der Waals surface area contributed by atoms with Gasteiger partial charge in [0.15, 0.2) is 0 Å². The summed E-state index contributed by atoms with van der Waals surface area (Å²) >= 11 is 0. The molecule has 1 atom stereocenters. The van der Waals surface area contributed by atoms with Crippen molar-refractivity contribution >= 4 is 23.4 Å². The Kier molecular flexibility index (Phi) is 7.23. The predicted octanol–water partition coefficient (Wildman–Crippen LogP) is 3.53. The highest BCUT2D eigenvalue weighted by molar-refractivity contribution is 5.95. The van der Waals surface area contributed by atoms with Crippen molar-refractivity contribution in [2.45, 2.75) is 31.5 Å². The quantitative estimate of drug-likeness (QED) is 0.529. The Morgan fingerprint density at radius 3 is 2.73 bits per heavy atom. The molecule has 0 aliphatic carbocycles. The maximum Gasteiger partial charge on any atom is 0.251 e. The van der Waals surface area contributed by atoms with E-state index in [-0.39, 0.29) is 18.5 Å². The van der Waals surface area contributed by atoms with Crippen LogP contribution in [0.4, 0.5) is 21.8 Å². The third-order valence-corrected chi connectivity index (χ3v) is 6.80. The van der Waals surface area contributed by atoms with Crippen LogP contribution in [0.15, 0.2) is 48.8 Å². The minimum atomic E-state index is -0.901. The van der Waals surface area contributed by atoms with Crippen molar-refractivity contribution in [3.63, 3.8) is 0 Å². The Morgan fingerprint density at radius 2 is 1.97 bits per heavy atom. The van der Waals surface area contributed by atoms with Gasteiger partial charge in [-0.2, -0.15) is 5.26 Å². The van der Waals surface area contributed by atoms with E-state index in [1.54, 1.807) is 41.6 Å². The molecule has 9 nitrogen and oxygen atoms in total. The molecule has 2 aromatic heterocycles. The number of pyridine rings is 1. The second-order valence-corrected chi connectivity index (χ2v) is 9.56. The zero-order valence-electron chi connectivity index (χ0n) is 20.7. The number of hydrogen-bond acceptors (Lipinski definition) is 8. The summed E-state index contributed by atoms with van der Waals surface area (Å²) < 4.78 is 13.7. The minimum absolute atomic E-state index is 0.0971. The first-order valence-corrected chi connectivity index (χ1v) is 12.5. The van der Waals surface area contributed by atoms with Gasteiger partial charge in [-0.3, -0.25) is 4.79 Å². The molecule has 1 amide bonds. The van der Waals surface area contributed by atoms with Crippen LogP contribution in [0.1, 0.15) is 35.2 Å². The molecule has 0 spiro atoms. The van der Waals surface area contributed by atoms with Gasteiger partial charge in [-0.1, -0.05) is 6.07 Å². The van der Waals surface area contributed by atoms with Crippen LogP contribution in [0.3, 0.4) is 0 Å². The summed E-state index contributed by atoms with van der Waals surface area (Å²) in [4.78, 5) is 30.2. The Bertz CT molecular complexity index is 1320. The molecule has 1 aromatic carbocycles. The average molecular weight is 501 g/mol. The molecule has 2 N–H and O–H groups in total. The summed E-state index contributed by atoms with van der Waals surface area (Å²) in [7, 11) is 2.09. The number of anilines is 3. The number of nitrogens with zero attached hydrogens (tertiary/aromatic N) is 6. The first-order chi connectivity index (χ1) is 18.0. The van der Waals surface area contributed by atoms with E-state index in [1.807, 2.05) is 12.1 Å². The van der Waals surface area contributed by atoms with E-state index < -0.39 is 6.17 Å². The number of hydrogen-bond donors (Lipinski definition) is 2. The first kappa shape index (κ1) is 24.6. The number of nitriles is 1. The number of piperidine rings is 1. The highest BCUT2D eigenvalue weighted by atomic mass is 19.1. The number of halogens is 1. The fourth-order valence-corrected chi connectivity index (χ4v) is 4.71. The number of rotatable bonds is 6. The summed E-state index contributed by atoms with van der Waals surface area (Å²) in [6.45, 7) is 2.74. The van der Waals surface area contributed by atoms with Crippen LogP contribution < -0.4 is 15.5 Å². The number of carbonyl (C=O) groups is 1. The largest absolute Gasteiger partial charge is 0.352 e. The van der Waals surface area contributed by atoms with E-state index in [2.05, 4.69) is 43.6 Å². The van der Waals surface area contributed by atoms with Gasteiger partial charge in [-0.05, 0) is 69.7 Å². The average Bonchev–Trinajstić information content (AvgIpc) is 3.36.